The van der Waals surface area contributed by atoms with Gasteiger partial charge in [0, 0.05) is 12.0 Å². The van der Waals surface area contributed by atoms with E-state index in [0.717, 1.165) is 18.6 Å². The van der Waals surface area contributed by atoms with E-state index < -0.39 is 34.8 Å². The van der Waals surface area contributed by atoms with E-state index >= 15 is 0 Å². The predicted molar refractivity (Wildman–Crippen MR) is 89.6 cm³/mol. The first-order valence-electron chi connectivity index (χ1n) is 8.35. The third kappa shape index (κ3) is 2.40. The molecule has 0 saturated heterocycles. The SMILES string of the molecule is C[C@@H]1CC=C2C(C#N)C(=N)C(C#N)(C#N)[C@@H](c3ccc(F)cc3F)[C@@H]2C1. The minimum atomic E-state index is -1.96. The van der Waals surface area contributed by atoms with Gasteiger partial charge in [-0.15, -0.1) is 0 Å². The van der Waals surface area contributed by atoms with Crippen LogP contribution in [0.3, 0.4) is 0 Å². The lowest BCUT2D eigenvalue weighted by Crippen LogP contribution is -2.49. The minimum Gasteiger partial charge on any atom is -0.305 e. The average Bonchev–Trinajstić information content (AvgIpc) is 2.62. The van der Waals surface area contributed by atoms with Crippen LogP contribution in [-0.4, -0.2) is 5.71 Å². The lowest BCUT2D eigenvalue weighted by atomic mass is 9.52. The number of hydrogen-bond acceptors (Lipinski definition) is 4. The van der Waals surface area contributed by atoms with Gasteiger partial charge in [-0.3, -0.25) is 0 Å². The largest absolute Gasteiger partial charge is 0.305 e. The Kier molecular flexibility index (Phi) is 4.34. The molecule has 4 atom stereocenters. The molecule has 1 aromatic carbocycles. The van der Waals surface area contributed by atoms with Gasteiger partial charge in [-0.05, 0) is 41.9 Å². The molecule has 0 amide bonds. The predicted octanol–water partition coefficient (Wildman–Crippen LogP) is 4.23. The summed E-state index contributed by atoms with van der Waals surface area (Å²) < 4.78 is 28.0. The van der Waals surface area contributed by atoms with Gasteiger partial charge in [0.2, 0.25) is 0 Å². The van der Waals surface area contributed by atoms with Crippen LogP contribution in [0, 0.1) is 74.2 Å². The molecule has 0 radical (unpaired) electrons. The first-order chi connectivity index (χ1) is 12.4. The van der Waals surface area contributed by atoms with Gasteiger partial charge in [0.15, 0.2) is 5.41 Å². The van der Waals surface area contributed by atoms with Gasteiger partial charge in [-0.1, -0.05) is 19.1 Å². The molecule has 6 heteroatoms. The van der Waals surface area contributed by atoms with Crippen LogP contribution in [0.1, 0.15) is 31.2 Å². The number of fused-ring (bicyclic) bond motifs is 1. The normalized spacial score (nSPS) is 29.5. The molecular weight excluding hydrogens is 334 g/mol. The lowest BCUT2D eigenvalue weighted by molar-refractivity contribution is 0.278. The van der Waals surface area contributed by atoms with Crippen molar-refractivity contribution >= 4 is 5.71 Å². The van der Waals surface area contributed by atoms with Gasteiger partial charge in [-0.25, -0.2) is 8.78 Å². The van der Waals surface area contributed by atoms with Gasteiger partial charge in [0.1, 0.15) is 17.6 Å². The fourth-order valence-electron chi connectivity index (χ4n) is 4.31. The van der Waals surface area contributed by atoms with E-state index in [1.54, 1.807) is 0 Å². The fraction of sp³-hybridized carbons (Fsp3) is 0.400. The third-order valence-electron chi connectivity index (χ3n) is 5.54. The van der Waals surface area contributed by atoms with Gasteiger partial charge < -0.3 is 5.41 Å². The number of nitrogens with zero attached hydrogens (tertiary/aromatic N) is 3. The van der Waals surface area contributed by atoms with Gasteiger partial charge in [-0.2, -0.15) is 15.8 Å². The van der Waals surface area contributed by atoms with Crippen molar-refractivity contribution in [1.29, 1.82) is 21.2 Å². The Morgan fingerprint density at radius 1 is 1.19 bits per heavy atom. The molecule has 1 N–H and O–H groups in total. The van der Waals surface area contributed by atoms with Crippen LogP contribution in [0.2, 0.25) is 0 Å². The van der Waals surface area contributed by atoms with E-state index in [2.05, 4.69) is 0 Å². The Labute approximate surface area is 150 Å². The van der Waals surface area contributed by atoms with Gasteiger partial charge >= 0.3 is 0 Å². The second-order valence-electron chi connectivity index (χ2n) is 7.04. The maximum atomic E-state index is 14.6. The van der Waals surface area contributed by atoms with Gasteiger partial charge in [0.05, 0.1) is 23.9 Å². The topological polar surface area (TPSA) is 95.2 Å². The lowest BCUT2D eigenvalue weighted by Gasteiger charge is -2.46. The number of nitriles is 3. The van der Waals surface area contributed by atoms with Crippen molar-refractivity contribution in [3.8, 4) is 18.2 Å². The number of rotatable bonds is 1. The zero-order valence-electron chi connectivity index (χ0n) is 14.1. The summed E-state index contributed by atoms with van der Waals surface area (Å²) in [5.74, 6) is -3.70. The van der Waals surface area contributed by atoms with Crippen molar-refractivity contribution in [2.75, 3.05) is 0 Å². The number of benzene rings is 1. The zero-order valence-corrected chi connectivity index (χ0v) is 14.1. The molecule has 1 aromatic rings. The summed E-state index contributed by atoms with van der Waals surface area (Å²) in [7, 11) is 0. The molecule has 4 nitrogen and oxygen atoms in total. The van der Waals surface area contributed by atoms with E-state index in [-0.39, 0.29) is 17.2 Å². The molecule has 1 unspecified atom stereocenters. The number of hydrogen-bond donors (Lipinski definition) is 1. The van der Waals surface area contributed by atoms with Crippen molar-refractivity contribution < 1.29 is 8.78 Å². The molecule has 26 heavy (non-hydrogen) atoms. The van der Waals surface area contributed by atoms with Crippen molar-refractivity contribution in [3.05, 3.63) is 47.0 Å². The zero-order chi connectivity index (χ0) is 19.1. The summed E-state index contributed by atoms with van der Waals surface area (Å²) in [5.41, 5.74) is -1.57. The summed E-state index contributed by atoms with van der Waals surface area (Å²) in [5, 5.41) is 37.6. The second kappa shape index (κ2) is 6.36. The monoisotopic (exact) mass is 350 g/mol. The van der Waals surface area contributed by atoms with Crippen molar-refractivity contribution in [2.24, 2.45) is 23.2 Å². The molecule has 0 aliphatic heterocycles. The molecule has 3 rings (SSSR count). The Hall–Kier alpha value is -3.04. The molecule has 0 bridgehead atoms. The Balaban J connectivity index is 2.30. The summed E-state index contributed by atoms with van der Waals surface area (Å²) in [6.07, 6.45) is 3.18. The van der Waals surface area contributed by atoms with Crippen LogP contribution in [0.4, 0.5) is 8.78 Å². The molecular formula is C20H16F2N4. The summed E-state index contributed by atoms with van der Waals surface area (Å²) >= 11 is 0. The Morgan fingerprint density at radius 3 is 2.46 bits per heavy atom. The highest BCUT2D eigenvalue weighted by molar-refractivity contribution is 6.00. The second-order valence-corrected chi connectivity index (χ2v) is 7.04. The van der Waals surface area contributed by atoms with Crippen molar-refractivity contribution in [1.82, 2.24) is 0 Å². The molecule has 130 valence electrons. The number of nitrogens with one attached hydrogen (secondary N) is 1. The quantitative estimate of drug-likeness (QED) is 0.768. The highest BCUT2D eigenvalue weighted by Gasteiger charge is 2.58. The summed E-state index contributed by atoms with van der Waals surface area (Å²) in [4.78, 5) is 0. The van der Waals surface area contributed by atoms with Crippen LogP contribution in [-0.2, 0) is 0 Å². The van der Waals surface area contributed by atoms with E-state index in [0.29, 0.717) is 12.0 Å². The van der Waals surface area contributed by atoms with Gasteiger partial charge in [0.25, 0.3) is 0 Å². The van der Waals surface area contributed by atoms with E-state index in [9.17, 15) is 24.6 Å². The Morgan fingerprint density at radius 2 is 1.88 bits per heavy atom. The van der Waals surface area contributed by atoms with Crippen LogP contribution < -0.4 is 0 Å². The molecule has 0 heterocycles. The number of allylic oxidation sites excluding steroid dienone is 2. The van der Waals surface area contributed by atoms with E-state index in [4.69, 9.17) is 5.41 Å². The molecule has 1 saturated carbocycles. The van der Waals surface area contributed by atoms with Crippen LogP contribution in [0.5, 0.6) is 0 Å². The molecule has 0 aromatic heterocycles. The summed E-state index contributed by atoms with van der Waals surface area (Å²) in [6, 6.07) is 8.89. The molecule has 2 aliphatic carbocycles. The minimum absolute atomic E-state index is 0.0423. The highest BCUT2D eigenvalue weighted by Crippen LogP contribution is 2.56. The Bertz CT molecular complexity index is 915. The maximum Gasteiger partial charge on any atom is 0.189 e. The number of halogens is 2. The first kappa shape index (κ1) is 17.8. The van der Waals surface area contributed by atoms with Crippen molar-refractivity contribution in [2.45, 2.75) is 25.7 Å². The smallest absolute Gasteiger partial charge is 0.189 e. The van der Waals surface area contributed by atoms with Crippen LogP contribution in [0.15, 0.2) is 29.8 Å². The standard InChI is InChI=1S/C20H16F2N4/c1-11-2-4-13-15(6-11)18(14-5-3-12(21)7-17(14)22)20(9-24,10-25)19(26)16(13)8-23/h3-5,7,11,15-16,18,26H,2,6H2,1H3/t11-,15-,16?,18+/m1/s1. The maximum absolute atomic E-state index is 14.6. The highest BCUT2D eigenvalue weighted by atomic mass is 19.1. The van der Waals surface area contributed by atoms with Crippen molar-refractivity contribution in [3.63, 3.8) is 0 Å². The van der Waals surface area contributed by atoms with Crippen LogP contribution >= 0.6 is 0 Å². The third-order valence-corrected chi connectivity index (χ3v) is 5.54. The first-order valence-corrected chi connectivity index (χ1v) is 8.35. The molecule has 2 aliphatic rings. The molecule has 0 spiro atoms. The average molecular weight is 350 g/mol. The molecule has 1 fully saturated rings. The van der Waals surface area contributed by atoms with Crippen LogP contribution in [0.25, 0.3) is 0 Å². The fourth-order valence-corrected chi connectivity index (χ4v) is 4.31. The van der Waals surface area contributed by atoms with E-state index in [1.807, 2.05) is 31.2 Å². The van der Waals surface area contributed by atoms with E-state index in [1.165, 1.54) is 6.07 Å². The summed E-state index contributed by atoms with van der Waals surface area (Å²) in [6.45, 7) is 2.01.